The van der Waals surface area contributed by atoms with Crippen LogP contribution in [0.15, 0.2) is 24.3 Å². The van der Waals surface area contributed by atoms with Crippen LogP contribution in [-0.4, -0.2) is 25.6 Å². The summed E-state index contributed by atoms with van der Waals surface area (Å²) >= 11 is 0. The average molecular weight is 263 g/mol. The molecule has 1 aromatic rings. The van der Waals surface area contributed by atoms with Gasteiger partial charge in [0.05, 0.1) is 7.11 Å². The molecule has 2 atom stereocenters. The van der Waals surface area contributed by atoms with E-state index in [9.17, 15) is 9.59 Å². The molecule has 1 fully saturated rings. The van der Waals surface area contributed by atoms with E-state index in [1.165, 1.54) is 7.11 Å². The summed E-state index contributed by atoms with van der Waals surface area (Å²) in [4.78, 5) is 22.7. The monoisotopic (exact) mass is 263 g/mol. The lowest BCUT2D eigenvalue weighted by Crippen LogP contribution is -2.15. The van der Waals surface area contributed by atoms with E-state index in [0.29, 0.717) is 17.4 Å². The SMILES string of the molecule is COC(=O)COc1cccc(NC(=O)C2CC2C)c1. The molecular weight excluding hydrogens is 246 g/mol. The van der Waals surface area contributed by atoms with Crippen molar-refractivity contribution in [2.75, 3.05) is 19.0 Å². The molecule has 5 heteroatoms. The first-order valence-corrected chi connectivity index (χ1v) is 6.20. The molecule has 1 aromatic carbocycles. The highest BCUT2D eigenvalue weighted by Crippen LogP contribution is 2.38. The smallest absolute Gasteiger partial charge is 0.343 e. The lowest BCUT2D eigenvalue weighted by molar-refractivity contribution is -0.142. The number of ether oxygens (including phenoxy) is 2. The molecule has 5 nitrogen and oxygen atoms in total. The summed E-state index contributed by atoms with van der Waals surface area (Å²) in [5.41, 5.74) is 0.673. The van der Waals surface area contributed by atoms with Gasteiger partial charge in [-0.15, -0.1) is 0 Å². The van der Waals surface area contributed by atoms with Gasteiger partial charge in [0.2, 0.25) is 5.91 Å². The standard InChI is InChI=1S/C14H17NO4/c1-9-6-12(9)14(17)15-10-4-3-5-11(7-10)19-8-13(16)18-2/h3-5,7,9,12H,6,8H2,1-2H3,(H,15,17). The zero-order valence-corrected chi connectivity index (χ0v) is 11.0. The summed E-state index contributed by atoms with van der Waals surface area (Å²) in [5, 5.41) is 2.84. The molecule has 102 valence electrons. The van der Waals surface area contributed by atoms with Crippen LogP contribution in [0.3, 0.4) is 0 Å². The first kappa shape index (κ1) is 13.4. The van der Waals surface area contributed by atoms with Gasteiger partial charge in [0, 0.05) is 17.7 Å². The Hall–Kier alpha value is -2.04. The van der Waals surface area contributed by atoms with Gasteiger partial charge in [0.15, 0.2) is 6.61 Å². The number of carbonyl (C=O) groups is 2. The van der Waals surface area contributed by atoms with Crippen LogP contribution < -0.4 is 10.1 Å². The highest BCUT2D eigenvalue weighted by atomic mass is 16.6. The van der Waals surface area contributed by atoms with Crippen LogP contribution in [0.25, 0.3) is 0 Å². The average Bonchev–Trinajstić information content (AvgIpc) is 3.13. The molecule has 1 aliphatic carbocycles. The second kappa shape index (κ2) is 5.73. The van der Waals surface area contributed by atoms with E-state index in [2.05, 4.69) is 17.0 Å². The molecule has 1 aliphatic rings. The molecule has 0 aromatic heterocycles. The first-order chi connectivity index (χ1) is 9.10. The Morgan fingerprint density at radius 3 is 2.79 bits per heavy atom. The number of rotatable bonds is 5. The molecule has 0 radical (unpaired) electrons. The van der Waals surface area contributed by atoms with Crippen molar-refractivity contribution in [3.8, 4) is 5.75 Å². The van der Waals surface area contributed by atoms with Crippen LogP contribution in [0.5, 0.6) is 5.75 Å². The van der Waals surface area contributed by atoms with E-state index in [-0.39, 0.29) is 18.4 Å². The van der Waals surface area contributed by atoms with E-state index in [4.69, 9.17) is 4.74 Å². The van der Waals surface area contributed by atoms with Crippen LogP contribution in [0, 0.1) is 11.8 Å². The lowest BCUT2D eigenvalue weighted by atomic mass is 10.2. The van der Waals surface area contributed by atoms with E-state index >= 15 is 0 Å². The number of anilines is 1. The van der Waals surface area contributed by atoms with Crippen molar-refractivity contribution in [1.29, 1.82) is 0 Å². The Bertz CT molecular complexity index is 486. The van der Waals surface area contributed by atoms with Crippen LogP contribution in [0.2, 0.25) is 0 Å². The van der Waals surface area contributed by atoms with Gasteiger partial charge in [-0.3, -0.25) is 4.79 Å². The number of nitrogens with one attached hydrogen (secondary N) is 1. The third kappa shape index (κ3) is 3.71. The minimum absolute atomic E-state index is 0.0395. The Balaban J connectivity index is 1.91. The molecule has 0 heterocycles. The van der Waals surface area contributed by atoms with Crippen molar-refractivity contribution in [3.05, 3.63) is 24.3 Å². The van der Waals surface area contributed by atoms with Crippen molar-refractivity contribution in [2.24, 2.45) is 11.8 Å². The fourth-order valence-electron chi connectivity index (χ4n) is 1.79. The number of hydrogen-bond acceptors (Lipinski definition) is 4. The summed E-state index contributed by atoms with van der Waals surface area (Å²) in [7, 11) is 1.30. The van der Waals surface area contributed by atoms with Crippen molar-refractivity contribution in [2.45, 2.75) is 13.3 Å². The predicted molar refractivity (Wildman–Crippen MR) is 69.9 cm³/mol. The maximum Gasteiger partial charge on any atom is 0.343 e. The molecule has 1 saturated carbocycles. The molecule has 0 aliphatic heterocycles. The van der Waals surface area contributed by atoms with Crippen molar-refractivity contribution < 1.29 is 19.1 Å². The zero-order valence-electron chi connectivity index (χ0n) is 11.0. The fourth-order valence-corrected chi connectivity index (χ4v) is 1.79. The second-order valence-corrected chi connectivity index (χ2v) is 4.70. The number of esters is 1. The van der Waals surface area contributed by atoms with Gasteiger partial charge < -0.3 is 14.8 Å². The molecule has 19 heavy (non-hydrogen) atoms. The van der Waals surface area contributed by atoms with Gasteiger partial charge >= 0.3 is 5.97 Å². The summed E-state index contributed by atoms with van der Waals surface area (Å²) in [6.07, 6.45) is 0.949. The Morgan fingerprint density at radius 1 is 1.42 bits per heavy atom. The van der Waals surface area contributed by atoms with Gasteiger partial charge in [-0.1, -0.05) is 13.0 Å². The van der Waals surface area contributed by atoms with E-state index in [1.807, 2.05) is 0 Å². The lowest BCUT2D eigenvalue weighted by Gasteiger charge is -2.08. The third-order valence-electron chi connectivity index (χ3n) is 3.13. The molecule has 2 rings (SSSR count). The summed E-state index contributed by atoms with van der Waals surface area (Å²) in [6.45, 7) is 1.91. The van der Waals surface area contributed by atoms with Crippen molar-refractivity contribution >= 4 is 17.6 Å². The minimum atomic E-state index is -0.443. The van der Waals surface area contributed by atoms with Gasteiger partial charge in [-0.2, -0.15) is 0 Å². The van der Waals surface area contributed by atoms with E-state index < -0.39 is 5.97 Å². The minimum Gasteiger partial charge on any atom is -0.482 e. The van der Waals surface area contributed by atoms with Gasteiger partial charge in [0.25, 0.3) is 0 Å². The van der Waals surface area contributed by atoms with Crippen molar-refractivity contribution in [3.63, 3.8) is 0 Å². The number of benzene rings is 1. The van der Waals surface area contributed by atoms with Crippen molar-refractivity contribution in [1.82, 2.24) is 0 Å². The van der Waals surface area contributed by atoms with Gasteiger partial charge in [-0.05, 0) is 24.5 Å². The van der Waals surface area contributed by atoms with Crippen LogP contribution in [-0.2, 0) is 14.3 Å². The highest BCUT2D eigenvalue weighted by molar-refractivity contribution is 5.94. The second-order valence-electron chi connectivity index (χ2n) is 4.70. The largest absolute Gasteiger partial charge is 0.482 e. The maximum atomic E-state index is 11.8. The Kier molecular flexibility index (Phi) is 4.04. The number of amides is 1. The quantitative estimate of drug-likeness (QED) is 0.823. The molecule has 1 N–H and O–H groups in total. The molecule has 0 saturated heterocycles. The molecule has 0 bridgehead atoms. The number of methoxy groups -OCH3 is 1. The van der Waals surface area contributed by atoms with E-state index in [1.54, 1.807) is 24.3 Å². The maximum absolute atomic E-state index is 11.8. The van der Waals surface area contributed by atoms with Crippen LogP contribution in [0.4, 0.5) is 5.69 Å². The highest BCUT2D eigenvalue weighted by Gasteiger charge is 2.39. The number of carbonyl (C=O) groups excluding carboxylic acids is 2. The molecule has 2 unspecified atom stereocenters. The molecular formula is C14H17NO4. The van der Waals surface area contributed by atoms with Crippen LogP contribution >= 0.6 is 0 Å². The normalized spacial score (nSPS) is 20.5. The summed E-state index contributed by atoms with van der Waals surface area (Å²) < 4.78 is 9.74. The third-order valence-corrected chi connectivity index (χ3v) is 3.13. The Labute approximate surface area is 111 Å². The summed E-state index contributed by atoms with van der Waals surface area (Å²) in [6, 6.07) is 6.96. The summed E-state index contributed by atoms with van der Waals surface area (Å²) in [5.74, 6) is 0.712. The predicted octanol–water partition coefficient (Wildman–Crippen LogP) is 1.83. The van der Waals surface area contributed by atoms with E-state index in [0.717, 1.165) is 6.42 Å². The molecule has 0 spiro atoms. The zero-order chi connectivity index (χ0) is 13.8. The van der Waals surface area contributed by atoms with Gasteiger partial charge in [0.1, 0.15) is 5.75 Å². The van der Waals surface area contributed by atoms with Crippen LogP contribution in [0.1, 0.15) is 13.3 Å². The molecule has 1 amide bonds. The topological polar surface area (TPSA) is 64.6 Å². The van der Waals surface area contributed by atoms with Gasteiger partial charge in [-0.25, -0.2) is 4.79 Å². The Morgan fingerprint density at radius 2 is 2.16 bits per heavy atom. The number of hydrogen-bond donors (Lipinski definition) is 1. The first-order valence-electron chi connectivity index (χ1n) is 6.20. The fraction of sp³-hybridized carbons (Fsp3) is 0.429.